The van der Waals surface area contributed by atoms with Crippen LogP contribution in [0.3, 0.4) is 0 Å². The maximum absolute atomic E-state index is 5.80. The Morgan fingerprint density at radius 1 is 1.07 bits per heavy atom. The van der Waals surface area contributed by atoms with Crippen LogP contribution >= 0.6 is 0 Å². The van der Waals surface area contributed by atoms with Crippen LogP contribution in [0.1, 0.15) is 51.0 Å². The van der Waals surface area contributed by atoms with Gasteiger partial charge in [-0.25, -0.2) is 0 Å². The Bertz CT molecular complexity index is 512. The van der Waals surface area contributed by atoms with Crippen molar-refractivity contribution in [3.05, 3.63) is 35.9 Å². The van der Waals surface area contributed by atoms with Crippen LogP contribution in [0.15, 0.2) is 30.3 Å². The zero-order valence-electron chi connectivity index (χ0n) is 18.2. The molecule has 4 heteroatoms. The van der Waals surface area contributed by atoms with Gasteiger partial charge in [-0.2, -0.15) is 0 Å². The van der Waals surface area contributed by atoms with Crippen LogP contribution in [-0.4, -0.2) is 75.3 Å². The van der Waals surface area contributed by atoms with Crippen molar-refractivity contribution in [2.75, 3.05) is 27.8 Å². The summed E-state index contributed by atoms with van der Waals surface area (Å²) in [6, 6.07) is 11.7. The molecule has 152 valence electrons. The van der Waals surface area contributed by atoms with Crippen molar-refractivity contribution in [2.45, 2.75) is 73.8 Å². The quantitative estimate of drug-likeness (QED) is 0.482. The molecule has 0 saturated carbocycles. The fourth-order valence-corrected chi connectivity index (χ4v) is 7.38. The van der Waals surface area contributed by atoms with E-state index in [0.29, 0.717) is 30.4 Å². The first-order valence-electron chi connectivity index (χ1n) is 10.9. The summed E-state index contributed by atoms with van der Waals surface area (Å²) in [5.74, 6) is 0.912. The Balaban J connectivity index is 1.86. The van der Waals surface area contributed by atoms with Crippen molar-refractivity contribution in [1.29, 1.82) is 0 Å². The average Bonchev–Trinajstić information content (AvgIpc) is 2.69. The molecule has 0 aliphatic carbocycles. The molecule has 2 rings (SSSR count). The van der Waals surface area contributed by atoms with Gasteiger partial charge in [0.05, 0.1) is 0 Å². The fourth-order valence-electron chi connectivity index (χ4n) is 4.70. The molecule has 1 aromatic rings. The van der Waals surface area contributed by atoms with E-state index in [-0.39, 0.29) is 12.2 Å². The molecule has 0 N–H and O–H groups in total. The molecule has 0 bridgehead atoms. The van der Waals surface area contributed by atoms with Gasteiger partial charge in [0.1, 0.15) is 0 Å². The zero-order valence-corrected chi connectivity index (χ0v) is 23.9. The molecule has 5 atom stereocenters. The van der Waals surface area contributed by atoms with Crippen LogP contribution in [0.4, 0.5) is 0 Å². The molecule has 0 radical (unpaired) electrons. The Hall–Kier alpha value is -0.0299. The number of hydrogen-bond donors (Lipinski definition) is 0. The summed E-state index contributed by atoms with van der Waals surface area (Å²) in [6.07, 6.45) is 9.18. The second-order valence-corrected chi connectivity index (χ2v) is 12.7. The van der Waals surface area contributed by atoms with Gasteiger partial charge in [0, 0.05) is 0 Å². The summed E-state index contributed by atoms with van der Waals surface area (Å²) in [5, 5.41) is 0. The Kier molecular flexibility index (Phi) is 10.8. The van der Waals surface area contributed by atoms with Crippen molar-refractivity contribution >= 4 is 24.4 Å². The molecule has 5 unspecified atom stereocenters. The Morgan fingerprint density at radius 3 is 2.37 bits per heavy atom. The maximum atomic E-state index is 5.80. The summed E-state index contributed by atoms with van der Waals surface area (Å²) in [4.78, 5) is 2.59. The minimum absolute atomic E-state index is 0.255. The number of likely N-dealkylation sites (tertiary alicyclic amines) is 1. The van der Waals surface area contributed by atoms with Crippen LogP contribution < -0.4 is 0 Å². The summed E-state index contributed by atoms with van der Waals surface area (Å²) in [6.45, 7) is 3.48. The van der Waals surface area contributed by atoms with Crippen LogP contribution in [0.5, 0.6) is 0 Å². The minimum atomic E-state index is 0.255. The second-order valence-electron chi connectivity index (χ2n) is 8.50. The van der Waals surface area contributed by atoms with E-state index in [1.54, 1.807) is 0 Å². The second kappa shape index (κ2) is 12.5. The molecule has 3 nitrogen and oxygen atoms in total. The van der Waals surface area contributed by atoms with Crippen LogP contribution in [0.2, 0.25) is 3.67 Å². The van der Waals surface area contributed by atoms with Gasteiger partial charge in [0.15, 0.2) is 0 Å². The topological polar surface area (TPSA) is 21.7 Å². The Labute approximate surface area is 181 Å². The number of rotatable bonds is 11. The van der Waals surface area contributed by atoms with Gasteiger partial charge in [0.25, 0.3) is 0 Å². The van der Waals surface area contributed by atoms with Gasteiger partial charge in [-0.05, 0) is 0 Å². The first-order chi connectivity index (χ1) is 13.1. The molecule has 1 aliphatic heterocycles. The molecule has 27 heavy (non-hydrogen) atoms. The normalized spacial score (nSPS) is 24.4. The average molecular weight is 477 g/mol. The number of ether oxygens (including phenoxy) is 2. The van der Waals surface area contributed by atoms with E-state index >= 15 is 0 Å². The summed E-state index contributed by atoms with van der Waals surface area (Å²) in [7, 11) is 6.00. The molecule has 0 spiro atoms. The monoisotopic (exact) mass is 477 g/mol. The third-order valence-electron chi connectivity index (χ3n) is 6.67. The van der Waals surface area contributed by atoms with Gasteiger partial charge in [0.2, 0.25) is 0 Å². The van der Waals surface area contributed by atoms with E-state index in [9.17, 15) is 0 Å². The molecular weight excluding hydrogens is 437 g/mol. The predicted octanol–water partition coefficient (Wildman–Crippen LogP) is 3.97. The summed E-state index contributed by atoms with van der Waals surface area (Å²) >= 11 is 0.682. The molecule has 1 fully saturated rings. The van der Waals surface area contributed by atoms with Crippen molar-refractivity contribution in [3.8, 4) is 0 Å². The number of likely N-dealkylation sites (N-methyl/N-ethyl adjacent to an activating group) is 1. The third-order valence-corrected chi connectivity index (χ3v) is 11.0. The molecule has 0 amide bonds. The van der Waals surface area contributed by atoms with Gasteiger partial charge >= 0.3 is 182 Å². The fraction of sp³-hybridized carbons (Fsp3) is 0.739. The number of piperidine rings is 1. The van der Waals surface area contributed by atoms with Crippen LogP contribution in [0.25, 0.3) is 0 Å². The molecule has 1 saturated heterocycles. The first kappa shape index (κ1) is 23.3. The summed E-state index contributed by atoms with van der Waals surface area (Å²) < 4.78 is 12.5. The predicted molar refractivity (Wildman–Crippen MR) is 117 cm³/mol. The van der Waals surface area contributed by atoms with Gasteiger partial charge in [-0.3, -0.25) is 0 Å². The van der Waals surface area contributed by atoms with Crippen LogP contribution in [-0.2, 0) is 15.9 Å². The van der Waals surface area contributed by atoms with Crippen LogP contribution in [0, 0.1) is 5.92 Å². The molecule has 0 aromatic heterocycles. The van der Waals surface area contributed by atoms with E-state index in [0.717, 1.165) is 28.9 Å². The third kappa shape index (κ3) is 7.38. The van der Waals surface area contributed by atoms with E-state index in [4.69, 9.17) is 9.47 Å². The van der Waals surface area contributed by atoms with E-state index < -0.39 is 0 Å². The number of hydrogen-bond acceptors (Lipinski definition) is 3. The summed E-state index contributed by atoms with van der Waals surface area (Å²) in [5.41, 5.74) is 1.48. The van der Waals surface area contributed by atoms with Gasteiger partial charge in [-0.15, -0.1) is 0 Å². The van der Waals surface area contributed by atoms with E-state index in [2.05, 4.69) is 49.2 Å². The van der Waals surface area contributed by atoms with Crippen molar-refractivity contribution < 1.29 is 9.47 Å². The first-order valence-corrected chi connectivity index (χ1v) is 14.2. The number of nitrogens with zero attached hydrogens (tertiary/aromatic N) is 1. The zero-order chi connectivity index (χ0) is 19.6. The van der Waals surface area contributed by atoms with E-state index in [1.807, 2.05) is 14.2 Å². The standard InChI is InChI=1S/C23H38NO2.In.2H/c1-5-10-22(25-3)23(26-4)14-9-13-20-15-16-24(2)21(18-20)17-19-11-7-6-8-12-19;;;/h6-8,11-13,20-23H,5,9-10,14-18H2,1-4H3;;;. The Morgan fingerprint density at radius 2 is 1.74 bits per heavy atom. The van der Waals surface area contributed by atoms with E-state index in [1.165, 1.54) is 37.8 Å². The number of benzene rings is 1. The van der Waals surface area contributed by atoms with Crippen molar-refractivity contribution in [3.63, 3.8) is 0 Å². The van der Waals surface area contributed by atoms with Gasteiger partial charge < -0.3 is 0 Å². The number of methoxy groups -OCH3 is 2. The van der Waals surface area contributed by atoms with Crippen molar-refractivity contribution in [1.82, 2.24) is 4.90 Å². The molecular formula is C23H40InNO2. The molecule has 1 aromatic carbocycles. The van der Waals surface area contributed by atoms with Gasteiger partial charge in [-0.1, -0.05) is 0 Å². The van der Waals surface area contributed by atoms with Crippen molar-refractivity contribution in [2.24, 2.45) is 5.92 Å². The SMILES string of the molecule is CCCC(OC)C(CC[CH]([InH2])C1CCN(C)C(Cc2ccccc2)C1)OC. The molecule has 1 heterocycles. The molecule has 1 aliphatic rings.